The van der Waals surface area contributed by atoms with Gasteiger partial charge in [-0.15, -0.1) is 43.7 Å². The molecule has 0 heterocycles. The van der Waals surface area contributed by atoms with E-state index in [1.54, 1.807) is 0 Å². The second kappa shape index (κ2) is 28.5. The Bertz CT molecular complexity index is 3540. The summed E-state index contributed by atoms with van der Waals surface area (Å²) in [5.74, 6) is -143. The van der Waals surface area contributed by atoms with Gasteiger partial charge in [0.1, 0.15) is 105 Å². The second-order valence-corrected chi connectivity index (χ2v) is 20.4. The van der Waals surface area contributed by atoms with Crippen molar-refractivity contribution in [2.24, 2.45) is 0 Å². The molecule has 0 aliphatic heterocycles. The fourth-order valence-corrected chi connectivity index (χ4v) is 9.75. The van der Waals surface area contributed by atoms with E-state index < -0.39 is 289 Å². The van der Waals surface area contributed by atoms with Gasteiger partial charge in [0.05, 0.1) is 12.1 Å². The smallest absolute Gasteiger partial charge is 0.200 e. The van der Waals surface area contributed by atoms with E-state index in [4.69, 9.17) is 0 Å². The van der Waals surface area contributed by atoms with Gasteiger partial charge in [-0.25, -0.2) is 176 Å². The predicted molar refractivity (Wildman–Crippen MR) is 254 cm³/mol. The van der Waals surface area contributed by atoms with Gasteiger partial charge in [-0.1, -0.05) is 0 Å². The van der Waals surface area contributed by atoms with Crippen LogP contribution < -0.4 is 55.2 Å². The van der Waals surface area contributed by atoms with Crippen molar-refractivity contribution in [2.75, 3.05) is 0 Å². The number of quaternary nitrogens is 2. The van der Waals surface area contributed by atoms with Crippen molar-refractivity contribution in [3.8, 4) is 0 Å². The van der Waals surface area contributed by atoms with Crippen LogP contribution >= 0.6 is 0 Å². The quantitative estimate of drug-likeness (QED) is 0.0659. The average molecular weight is 1480 g/mol. The first kappa shape index (κ1) is 79.7. The number of benzene rings is 8. The molecule has 0 fully saturated rings. The zero-order valence-electron chi connectivity index (χ0n) is 46.8. The molecule has 0 atom stereocenters. The minimum Gasteiger partial charge on any atom is -0.356 e. The maximum absolute atomic E-state index is 15.4. The third-order valence-electron chi connectivity index (χ3n) is 13.4. The predicted octanol–water partition coefficient (Wildman–Crippen LogP) is 11.0. The lowest BCUT2D eigenvalue weighted by Crippen LogP contribution is -2.81. The average Bonchev–Trinajstić information content (AvgIpc) is 0.688. The van der Waals surface area contributed by atoms with Crippen LogP contribution in [0.5, 0.6) is 0 Å². The van der Waals surface area contributed by atoms with E-state index in [1.165, 1.54) is 0 Å². The van der Waals surface area contributed by atoms with Gasteiger partial charge in [0.2, 0.25) is 0 Å². The fraction of sp³-hybridized carbons (Fsp3) is 0.111. The van der Waals surface area contributed by atoms with Crippen LogP contribution in [0.25, 0.3) is 0 Å². The molecule has 0 spiro atoms. The second-order valence-electron chi connectivity index (χ2n) is 20.4. The van der Waals surface area contributed by atoms with Crippen molar-refractivity contribution in [1.29, 1.82) is 0 Å². The largest absolute Gasteiger partial charge is 0.356 e. The first-order valence-corrected chi connectivity index (χ1v) is 25.0. The summed E-state index contributed by atoms with van der Waals surface area (Å²) in [5, 5.41) is 0. The van der Waals surface area contributed by atoms with Gasteiger partial charge in [0, 0.05) is 0 Å². The van der Waals surface area contributed by atoms with Crippen LogP contribution in [0.15, 0.2) is 0 Å². The molecule has 0 bridgehead atoms. The molecule has 0 unspecified atom stereocenters. The van der Waals surface area contributed by atoms with E-state index in [0.29, 0.717) is 12.1 Å². The zero-order chi connectivity index (χ0) is 75.9. The van der Waals surface area contributed by atoms with Crippen LogP contribution in [0.3, 0.4) is 0 Å². The summed E-state index contributed by atoms with van der Waals surface area (Å²) in [7, 11) is 0. The Morgan fingerprint density at radius 2 is 0.173 bits per heavy atom. The van der Waals surface area contributed by atoms with Gasteiger partial charge in [0.15, 0.2) is 140 Å². The van der Waals surface area contributed by atoms with Gasteiger partial charge in [0.25, 0.3) is 0 Å². The van der Waals surface area contributed by atoms with E-state index in [9.17, 15) is 105 Å². The lowest BCUT2D eigenvalue weighted by molar-refractivity contribution is -0.408. The van der Waals surface area contributed by atoms with Gasteiger partial charge >= 0.3 is 0 Å². The lowest BCUT2D eigenvalue weighted by atomic mass is 9.12. The van der Waals surface area contributed by atoms with E-state index in [1.807, 2.05) is 0 Å². The summed E-state index contributed by atoms with van der Waals surface area (Å²) in [6.45, 7) is 8.22. The molecule has 8 aromatic rings. The van der Waals surface area contributed by atoms with Gasteiger partial charge in [-0.05, 0) is 27.7 Å². The monoisotopic (exact) mass is 1480 g/mol. The van der Waals surface area contributed by atoms with E-state index in [2.05, 4.69) is 39.2 Å². The standard InChI is InChI=1S/2C24BF20.2C3H9N/c2*26-5-1(6(27)14(35)21(42)13(5)34)25(2-7(28)15(36)22(43)16(37)8(2)29,3-9(30)17(38)23(44)18(39)10(3)31)4-11(32)19(40)24(45)20(41)12(4)33;2*1-3(2)4/h;;2*3H,4H2,1-2H3/q2*-1;;/p+2. The molecule has 0 amide bonds. The van der Waals surface area contributed by atoms with E-state index >= 15 is 70.2 Å². The zero-order valence-corrected chi connectivity index (χ0v) is 46.8. The van der Waals surface area contributed by atoms with Gasteiger partial charge in [-0.2, -0.15) is 0 Å². The topological polar surface area (TPSA) is 55.3 Å². The highest BCUT2D eigenvalue weighted by molar-refractivity contribution is 7.21. The minimum absolute atomic E-state index is 0.583. The number of rotatable bonds is 8. The Labute approximate surface area is 515 Å². The molecular weight excluding hydrogens is 1460 g/mol. The van der Waals surface area contributed by atoms with Crippen molar-refractivity contribution in [3.05, 3.63) is 233 Å². The Hall–Kier alpha value is -8.99. The fourth-order valence-electron chi connectivity index (χ4n) is 9.75. The maximum atomic E-state index is 15.4. The summed E-state index contributed by atoms with van der Waals surface area (Å²) < 4.78 is 588. The van der Waals surface area contributed by atoms with Crippen molar-refractivity contribution < 1.29 is 187 Å². The third-order valence-corrected chi connectivity index (χ3v) is 13.4. The molecule has 0 aromatic heterocycles. The third kappa shape index (κ3) is 12.1. The Morgan fingerprint density at radius 3 is 0.224 bits per heavy atom. The SMILES string of the molecule is CC(C)[NH3+].CC(C)[NH3+].Fc1c(F)c(F)c([B-](c2c(F)c(F)c(F)c(F)c2F)(c2c(F)c(F)c(F)c(F)c2F)c2c(F)c(F)c(F)c(F)c2F)c(F)c1F.Fc1c(F)c(F)c([B-](c2c(F)c(F)c(F)c(F)c2F)(c2c(F)c(F)c(F)c(F)c2F)c2c(F)c(F)c(F)c(F)c2F)c(F)c1F. The van der Waals surface area contributed by atoms with Crippen molar-refractivity contribution in [3.63, 3.8) is 0 Å². The summed E-state index contributed by atoms with van der Waals surface area (Å²) in [6, 6.07) is 1.17. The highest BCUT2D eigenvalue weighted by atomic mass is 19.2. The molecule has 532 valence electrons. The highest BCUT2D eigenvalue weighted by Crippen LogP contribution is 2.34. The molecule has 0 aliphatic carbocycles. The molecule has 2 nitrogen and oxygen atoms in total. The van der Waals surface area contributed by atoms with E-state index in [0.717, 1.165) is 0 Å². The van der Waals surface area contributed by atoms with Crippen LogP contribution in [0.4, 0.5) is 176 Å². The van der Waals surface area contributed by atoms with Gasteiger partial charge in [-0.3, -0.25) is 0 Å². The van der Waals surface area contributed by atoms with Crippen molar-refractivity contribution in [2.45, 2.75) is 39.8 Å². The Morgan fingerprint density at radius 1 is 0.133 bits per heavy atom. The van der Waals surface area contributed by atoms with Crippen LogP contribution in [-0.4, -0.2) is 24.4 Å². The summed E-state index contributed by atoms with van der Waals surface area (Å²) in [4.78, 5) is 0. The van der Waals surface area contributed by atoms with Crippen LogP contribution in [0, 0.1) is 233 Å². The molecule has 0 saturated heterocycles. The highest BCUT2D eigenvalue weighted by Gasteiger charge is 2.55. The molecule has 8 rings (SSSR count). The molecule has 0 radical (unpaired) electrons. The number of halogens is 40. The first-order chi connectivity index (χ1) is 44.9. The van der Waals surface area contributed by atoms with Crippen molar-refractivity contribution in [1.82, 2.24) is 0 Å². The molecule has 8 aromatic carbocycles. The minimum atomic E-state index is -7.22. The van der Waals surface area contributed by atoms with E-state index in [-0.39, 0.29) is 0 Å². The molecule has 6 N–H and O–H groups in total. The van der Waals surface area contributed by atoms with Crippen molar-refractivity contribution >= 4 is 56.0 Å². The summed E-state index contributed by atoms with van der Waals surface area (Å²) in [5.41, 5.74) is -21.4. The Kier molecular flexibility index (Phi) is 23.1. The molecular formula is C54H20B2F40N2. The summed E-state index contributed by atoms with van der Waals surface area (Å²) >= 11 is 0. The summed E-state index contributed by atoms with van der Waals surface area (Å²) in [6.07, 6.45) is -14.4. The number of hydrogen-bond donors (Lipinski definition) is 2. The lowest BCUT2D eigenvalue weighted by Gasteiger charge is -2.44. The Balaban J connectivity index is 0.000000319. The van der Waals surface area contributed by atoms with Crippen LogP contribution in [-0.2, 0) is 0 Å². The van der Waals surface area contributed by atoms with Crippen LogP contribution in [0.2, 0.25) is 0 Å². The molecule has 0 aliphatic rings. The molecule has 0 saturated carbocycles. The number of hydrogen-bond acceptors (Lipinski definition) is 0. The maximum Gasteiger partial charge on any atom is 0.200 e. The molecule has 44 heteroatoms. The van der Waals surface area contributed by atoms with Crippen LogP contribution in [0.1, 0.15) is 27.7 Å². The van der Waals surface area contributed by atoms with Gasteiger partial charge < -0.3 is 11.5 Å². The first-order valence-electron chi connectivity index (χ1n) is 25.0. The normalized spacial score (nSPS) is 11.8. The molecule has 98 heavy (non-hydrogen) atoms.